The summed E-state index contributed by atoms with van der Waals surface area (Å²) in [6, 6.07) is 10.1. The maximum absolute atomic E-state index is 12.7. The van der Waals surface area contributed by atoms with Crippen LogP contribution < -0.4 is 42.5 Å². The van der Waals surface area contributed by atoms with Crippen molar-refractivity contribution in [3.05, 3.63) is 35.9 Å². The van der Waals surface area contributed by atoms with Crippen LogP contribution in [-0.2, 0) is 6.42 Å². The Morgan fingerprint density at radius 3 is 0.707 bits per heavy atom. The fourth-order valence-electron chi connectivity index (χ4n) is 11.5. The Morgan fingerprint density at radius 1 is 0.293 bits per heavy atom. The van der Waals surface area contributed by atoms with Crippen LogP contribution in [0.4, 0.5) is 22.0 Å². The quantitative estimate of drug-likeness (QED) is 0.102. The van der Waals surface area contributed by atoms with Gasteiger partial charge in [0.2, 0.25) is 6.43 Å². The van der Waals surface area contributed by atoms with E-state index in [0.29, 0.717) is 85.1 Å². The highest BCUT2D eigenvalue weighted by Gasteiger charge is 2.40. The molecule has 8 fully saturated rings. The number of aliphatic hydroxyl groups excluding tert-OH is 19. The number of rotatable bonds is 9. The summed E-state index contributed by atoms with van der Waals surface area (Å²) in [5.41, 5.74) is 1.21. The molecule has 544 valence electrons. The van der Waals surface area contributed by atoms with E-state index in [4.69, 9.17) is 40.9 Å². The molecule has 0 bridgehead atoms. The number of alkyl halides is 5. The number of hydrogen-bond donors (Lipinski definition) is 27. The molecule has 27 N–H and O–H groups in total. The minimum absolute atomic E-state index is 0.0654. The molecule has 1 aromatic carbocycles. The molecule has 0 aliphatic carbocycles. The lowest BCUT2D eigenvalue weighted by atomic mass is 9.88. The summed E-state index contributed by atoms with van der Waals surface area (Å²) in [4.78, 5) is 0. The molecule has 2 unspecified atom stereocenters. The van der Waals surface area contributed by atoms with Crippen LogP contribution in [0.5, 0.6) is 0 Å². The Bertz CT molecular complexity index is 1730. The molecule has 8 saturated heterocycles. The lowest BCUT2D eigenvalue weighted by molar-refractivity contribution is -0.0841. The maximum atomic E-state index is 12.7. The lowest BCUT2D eigenvalue weighted by Gasteiger charge is -2.34. The van der Waals surface area contributed by atoms with Crippen molar-refractivity contribution in [2.45, 2.75) is 189 Å². The Hall–Kier alpha value is -2.21. The van der Waals surface area contributed by atoms with Crippen LogP contribution in [-0.4, -0.2) is 343 Å². The summed E-state index contributed by atoms with van der Waals surface area (Å²) in [5.74, 6) is -3.21. The largest absolute Gasteiger partial charge is 0.393 e. The molecular formula is C60H115F5N8O19. The van der Waals surface area contributed by atoms with Gasteiger partial charge in [-0.1, -0.05) is 30.3 Å². The zero-order valence-corrected chi connectivity index (χ0v) is 53.7. The molecule has 8 aliphatic heterocycles. The summed E-state index contributed by atoms with van der Waals surface area (Å²) in [5, 5.41) is 199. The second kappa shape index (κ2) is 44.7. The van der Waals surface area contributed by atoms with Crippen molar-refractivity contribution in [3.8, 4) is 0 Å². The van der Waals surface area contributed by atoms with Crippen molar-refractivity contribution in [1.29, 1.82) is 0 Å². The summed E-state index contributed by atoms with van der Waals surface area (Å²) in [6.45, 7) is 15.9. The third-order valence-corrected chi connectivity index (χ3v) is 17.9. The first-order valence-electron chi connectivity index (χ1n) is 32.0. The number of halogens is 5. The predicted molar refractivity (Wildman–Crippen MR) is 330 cm³/mol. The van der Waals surface area contributed by atoms with Crippen molar-refractivity contribution in [3.63, 3.8) is 0 Å². The van der Waals surface area contributed by atoms with Gasteiger partial charge in [0.15, 0.2) is 0 Å². The highest BCUT2D eigenvalue weighted by molar-refractivity contribution is 5.16. The molecule has 27 nitrogen and oxygen atoms in total. The molecule has 0 aromatic heterocycles. The van der Waals surface area contributed by atoms with Gasteiger partial charge in [-0.2, -0.15) is 0 Å². The number of nitrogens with one attached hydrogen (secondary N) is 8. The van der Waals surface area contributed by atoms with Crippen molar-refractivity contribution in [1.82, 2.24) is 42.5 Å². The Kier molecular flexibility index (Phi) is 41.7. The van der Waals surface area contributed by atoms with Gasteiger partial charge in [-0.15, -0.1) is 0 Å². The summed E-state index contributed by atoms with van der Waals surface area (Å²) in [7, 11) is 0. The van der Waals surface area contributed by atoms with Gasteiger partial charge in [0, 0.05) is 146 Å². The Balaban J connectivity index is 0.000000359. The zero-order valence-electron chi connectivity index (χ0n) is 53.7. The predicted octanol–water partition coefficient (Wildman–Crippen LogP) is -7.86. The third kappa shape index (κ3) is 29.5. The van der Waals surface area contributed by atoms with Gasteiger partial charge in [0.05, 0.1) is 122 Å². The van der Waals surface area contributed by atoms with Crippen LogP contribution in [0.1, 0.15) is 47.1 Å². The molecular weight excluding hydrogens is 1230 g/mol. The smallest absolute Gasteiger partial charge is 0.245 e. The van der Waals surface area contributed by atoms with Gasteiger partial charge in [-0.3, -0.25) is 0 Å². The SMILES string of the molecule is CC(F)[C@H]1CNC[C@@H](O)[C@@H]1O.CC(O)[C@H]1CNC[C@@H](O)[C@@H]1O.C[C@@H](F)[C@H]1CNC[C@@H](O)[C@@H]1O.C[C@@H](O)[C@H]1CNC[C@@H](O)[C@@H]1O.C[C@H](F)[C@H]1CNC[C@@H](O)[C@@H]1O.C[C@H](O)[C@H]1CNC[C@@H](O)[C@@H]1O.O[C@@H]1[C@@H](Cc2ccccc2)CNC[C@H]1O.O[C@H]1[C@H](O)CNC[C@@H]1C(F)F. The molecule has 9 rings (SSSR count). The van der Waals surface area contributed by atoms with Crippen LogP contribution in [0.2, 0.25) is 0 Å². The van der Waals surface area contributed by atoms with Gasteiger partial charge in [-0.25, -0.2) is 22.0 Å². The van der Waals surface area contributed by atoms with Gasteiger partial charge < -0.3 is 140 Å². The third-order valence-electron chi connectivity index (χ3n) is 17.9. The minimum Gasteiger partial charge on any atom is -0.393 e. The molecule has 0 spiro atoms. The zero-order chi connectivity index (χ0) is 69.7. The molecule has 0 amide bonds. The summed E-state index contributed by atoms with van der Waals surface area (Å²) < 4.78 is 62.2. The fraction of sp³-hybridized carbons (Fsp3) is 0.900. The molecule has 0 saturated carbocycles. The van der Waals surface area contributed by atoms with E-state index in [1.54, 1.807) is 20.8 Å². The highest BCUT2D eigenvalue weighted by atomic mass is 19.3. The van der Waals surface area contributed by atoms with E-state index in [1.165, 1.54) is 26.3 Å². The van der Waals surface area contributed by atoms with E-state index in [1.807, 2.05) is 30.3 Å². The first-order valence-corrected chi connectivity index (χ1v) is 32.0. The van der Waals surface area contributed by atoms with Crippen LogP contribution >= 0.6 is 0 Å². The number of hydrogen-bond acceptors (Lipinski definition) is 27. The van der Waals surface area contributed by atoms with E-state index >= 15 is 0 Å². The molecule has 32 heteroatoms. The summed E-state index contributed by atoms with van der Waals surface area (Å²) >= 11 is 0. The van der Waals surface area contributed by atoms with Gasteiger partial charge in [0.1, 0.15) is 18.5 Å². The first-order chi connectivity index (χ1) is 43.2. The number of aliphatic hydroxyl groups is 19. The van der Waals surface area contributed by atoms with Crippen LogP contribution in [0.3, 0.4) is 0 Å². The van der Waals surface area contributed by atoms with Gasteiger partial charge in [-0.05, 0) is 53.5 Å². The molecule has 0 radical (unpaired) electrons. The van der Waals surface area contributed by atoms with Crippen LogP contribution in [0.15, 0.2) is 30.3 Å². The summed E-state index contributed by atoms with van der Waals surface area (Å²) in [6.07, 6.45) is -20.2. The fourth-order valence-corrected chi connectivity index (χ4v) is 11.5. The van der Waals surface area contributed by atoms with Gasteiger partial charge >= 0.3 is 0 Å². The highest BCUT2D eigenvalue weighted by Crippen LogP contribution is 2.23. The lowest BCUT2D eigenvalue weighted by Crippen LogP contribution is -2.53. The molecule has 92 heavy (non-hydrogen) atoms. The minimum atomic E-state index is -2.58. The van der Waals surface area contributed by atoms with Crippen molar-refractivity contribution >= 4 is 0 Å². The van der Waals surface area contributed by atoms with E-state index in [0.717, 1.165) is 13.0 Å². The van der Waals surface area contributed by atoms with E-state index < -0.39 is 165 Å². The van der Waals surface area contributed by atoms with E-state index in [-0.39, 0.29) is 36.8 Å². The molecule has 8 aliphatic rings. The average molecular weight is 1350 g/mol. The normalized spacial score (nSPS) is 40.0. The molecule has 8 heterocycles. The van der Waals surface area contributed by atoms with Crippen molar-refractivity contribution < 1.29 is 119 Å². The van der Waals surface area contributed by atoms with E-state index in [9.17, 15) is 78.1 Å². The van der Waals surface area contributed by atoms with Gasteiger partial charge in [0.25, 0.3) is 0 Å². The Morgan fingerprint density at radius 2 is 0.500 bits per heavy atom. The van der Waals surface area contributed by atoms with Crippen LogP contribution in [0.25, 0.3) is 0 Å². The molecule has 30 atom stereocenters. The van der Waals surface area contributed by atoms with E-state index in [2.05, 4.69) is 42.5 Å². The first kappa shape index (κ1) is 85.9. The maximum Gasteiger partial charge on any atom is 0.245 e. The second-order valence-electron chi connectivity index (χ2n) is 25.4. The topological polar surface area (TPSA) is 481 Å². The average Bonchev–Trinajstić information content (AvgIpc) is 2.68. The molecule has 1 aromatic rings. The Labute approximate surface area is 536 Å². The van der Waals surface area contributed by atoms with Crippen molar-refractivity contribution in [2.75, 3.05) is 105 Å². The van der Waals surface area contributed by atoms with Crippen LogP contribution in [0, 0.1) is 47.3 Å². The number of piperidine rings is 8. The van der Waals surface area contributed by atoms with Crippen molar-refractivity contribution in [2.24, 2.45) is 47.3 Å². The number of benzene rings is 1. The standard InChI is InChI=1S/C12H17NO2.3C7H14FNO2.3C7H15NO3.C6H11F2NO2/c14-11-8-13-7-10(12(11)15)6-9-4-2-1-3-5-9;3*1-4(8)5-2-9-3-6(10)7(5)11;3*1-4(9)5-2-8-3-6(10)7(5)11;7-6(8)3-1-9-2-4(10)5(3)11/h1-5,10-15H,6-8H2;3*4-7,9-11H,2-3H2,1H3;3*4-11H,2-3H2,1H3;3-6,9-11H,1-2H2/t10-,11+,12+;4?,5-,6-,7-;4-,5+,6+,7+;4-,5-,6-,7-;4?,5-,6-,7-;4-,5+,6+,7+;4-,5-,6-,7-;3-,4+,5+/m01011010/s1. The monoisotopic (exact) mass is 1350 g/mol. The second-order valence-corrected chi connectivity index (χ2v) is 25.4. The number of β-amino-alcohol motifs (C(OH)–C–C–N with tert-alkyl or cyclic N) is 8.